The molecule has 0 bridgehead atoms. The molecule has 0 radical (unpaired) electrons. The zero-order valence-electron chi connectivity index (χ0n) is 16.0. The summed E-state index contributed by atoms with van der Waals surface area (Å²) in [6.07, 6.45) is 1.50. The number of amides is 2. The van der Waals surface area contributed by atoms with Gasteiger partial charge in [0.15, 0.2) is 0 Å². The summed E-state index contributed by atoms with van der Waals surface area (Å²) in [6.45, 7) is 4.74. The minimum absolute atomic E-state index is 0.173. The van der Waals surface area contributed by atoms with Crippen LogP contribution >= 0.6 is 0 Å². The van der Waals surface area contributed by atoms with Gasteiger partial charge in [-0.1, -0.05) is 12.1 Å². The Morgan fingerprint density at radius 3 is 2.41 bits per heavy atom. The molecule has 0 fully saturated rings. The van der Waals surface area contributed by atoms with E-state index in [4.69, 9.17) is 15.2 Å². The Morgan fingerprint density at radius 1 is 1.04 bits per heavy atom. The fraction of sp³-hybridized carbons (Fsp3) is 0.333. The maximum atomic E-state index is 11.9. The Labute approximate surface area is 159 Å². The molecule has 144 valence electrons. The van der Waals surface area contributed by atoms with Crippen LogP contribution in [0.1, 0.15) is 45.2 Å². The summed E-state index contributed by atoms with van der Waals surface area (Å²) in [5.74, 6) is 0.403. The van der Waals surface area contributed by atoms with Crippen molar-refractivity contribution in [3.8, 4) is 11.5 Å². The van der Waals surface area contributed by atoms with Gasteiger partial charge in [-0.05, 0) is 62.1 Å². The van der Waals surface area contributed by atoms with Gasteiger partial charge >= 0.3 is 0 Å². The van der Waals surface area contributed by atoms with E-state index in [-0.39, 0.29) is 5.91 Å². The first-order valence-corrected chi connectivity index (χ1v) is 8.97. The zero-order valence-corrected chi connectivity index (χ0v) is 16.0. The highest BCUT2D eigenvalue weighted by Crippen LogP contribution is 2.23. The van der Waals surface area contributed by atoms with Gasteiger partial charge in [0.05, 0.1) is 24.3 Å². The molecule has 0 spiro atoms. The number of nitrogens with one attached hydrogen (secondary N) is 1. The van der Waals surface area contributed by atoms with Crippen molar-refractivity contribution in [2.75, 3.05) is 20.3 Å². The van der Waals surface area contributed by atoms with Crippen molar-refractivity contribution in [1.29, 1.82) is 0 Å². The van der Waals surface area contributed by atoms with E-state index in [1.165, 1.54) is 0 Å². The van der Waals surface area contributed by atoms with Crippen LogP contribution in [0, 0.1) is 6.92 Å². The van der Waals surface area contributed by atoms with Gasteiger partial charge in [-0.15, -0.1) is 0 Å². The third-order valence-electron chi connectivity index (χ3n) is 4.09. The second-order valence-electron chi connectivity index (χ2n) is 6.16. The molecule has 27 heavy (non-hydrogen) atoms. The quantitative estimate of drug-likeness (QED) is 0.664. The minimum atomic E-state index is -0.505. The molecule has 0 saturated heterocycles. The first-order valence-electron chi connectivity index (χ1n) is 8.97. The van der Waals surface area contributed by atoms with E-state index in [0.29, 0.717) is 35.8 Å². The Kier molecular flexibility index (Phi) is 7.23. The molecule has 0 aliphatic heterocycles. The Balaban J connectivity index is 1.99. The number of nitrogens with two attached hydrogens (primary N) is 1. The van der Waals surface area contributed by atoms with Crippen molar-refractivity contribution in [3.05, 3.63) is 58.7 Å². The largest absolute Gasteiger partial charge is 0.493 e. The summed E-state index contributed by atoms with van der Waals surface area (Å²) in [7, 11) is 1.59. The molecule has 0 aliphatic rings. The number of rotatable bonds is 9. The number of primary amides is 1. The molecule has 0 unspecified atom stereocenters. The molecule has 0 aliphatic carbocycles. The van der Waals surface area contributed by atoms with Crippen LogP contribution in [0.4, 0.5) is 0 Å². The molecular weight excluding hydrogens is 344 g/mol. The summed E-state index contributed by atoms with van der Waals surface area (Å²) in [6, 6.07) is 10.9. The molecule has 2 aromatic rings. The Bertz CT molecular complexity index is 818. The van der Waals surface area contributed by atoms with Gasteiger partial charge in [-0.3, -0.25) is 9.59 Å². The first kappa shape index (κ1) is 20.3. The second-order valence-corrected chi connectivity index (χ2v) is 6.16. The van der Waals surface area contributed by atoms with E-state index < -0.39 is 5.91 Å². The van der Waals surface area contributed by atoms with Crippen molar-refractivity contribution in [3.63, 3.8) is 0 Å². The van der Waals surface area contributed by atoms with Gasteiger partial charge in [0, 0.05) is 7.05 Å². The third kappa shape index (κ3) is 5.48. The number of benzene rings is 2. The fourth-order valence-electron chi connectivity index (χ4n) is 2.73. The van der Waals surface area contributed by atoms with E-state index in [0.717, 1.165) is 24.0 Å². The smallest absolute Gasteiger partial charge is 0.254 e. The summed E-state index contributed by atoms with van der Waals surface area (Å²) in [5.41, 5.74) is 8.33. The lowest BCUT2D eigenvalue weighted by Gasteiger charge is -2.12. The Morgan fingerprint density at radius 2 is 1.74 bits per heavy atom. The summed E-state index contributed by atoms with van der Waals surface area (Å²) >= 11 is 0. The average molecular weight is 370 g/mol. The van der Waals surface area contributed by atoms with Gasteiger partial charge in [-0.25, -0.2) is 0 Å². The molecule has 2 amide bonds. The van der Waals surface area contributed by atoms with Crippen molar-refractivity contribution < 1.29 is 19.1 Å². The molecule has 2 aromatic carbocycles. The standard InChI is InChI=1S/C21H26N2O4/c1-4-26-19-13-15(8-10-16(19)20(22)24)6-5-11-27-18-12-14(2)7-9-17(18)21(25)23-3/h7-10,12-13H,4-6,11H2,1-3H3,(H2,22,24)(H,23,25). The number of hydrogen-bond acceptors (Lipinski definition) is 4. The highest BCUT2D eigenvalue weighted by atomic mass is 16.5. The van der Waals surface area contributed by atoms with E-state index in [1.807, 2.05) is 38.1 Å². The van der Waals surface area contributed by atoms with Crippen LogP contribution in [0.5, 0.6) is 11.5 Å². The monoisotopic (exact) mass is 370 g/mol. The Hall–Kier alpha value is -3.02. The highest BCUT2D eigenvalue weighted by molar-refractivity contribution is 5.97. The summed E-state index contributed by atoms with van der Waals surface area (Å²) in [5, 5.41) is 2.62. The first-order chi connectivity index (χ1) is 13.0. The van der Waals surface area contributed by atoms with Crippen molar-refractivity contribution in [2.45, 2.75) is 26.7 Å². The van der Waals surface area contributed by atoms with E-state index in [9.17, 15) is 9.59 Å². The maximum absolute atomic E-state index is 11.9. The predicted molar refractivity (Wildman–Crippen MR) is 105 cm³/mol. The lowest BCUT2D eigenvalue weighted by molar-refractivity contribution is 0.0957. The van der Waals surface area contributed by atoms with E-state index >= 15 is 0 Å². The third-order valence-corrected chi connectivity index (χ3v) is 4.09. The van der Waals surface area contributed by atoms with Gasteiger partial charge < -0.3 is 20.5 Å². The number of carbonyl (C=O) groups excluding carboxylic acids is 2. The molecule has 3 N–H and O–H groups in total. The van der Waals surface area contributed by atoms with Gasteiger partial charge in [0.2, 0.25) is 0 Å². The van der Waals surface area contributed by atoms with Crippen LogP contribution in [0.25, 0.3) is 0 Å². The van der Waals surface area contributed by atoms with Crippen LogP contribution in [0.3, 0.4) is 0 Å². The number of aryl methyl sites for hydroxylation is 2. The van der Waals surface area contributed by atoms with Crippen molar-refractivity contribution >= 4 is 11.8 Å². The van der Waals surface area contributed by atoms with Gasteiger partial charge in [0.1, 0.15) is 11.5 Å². The van der Waals surface area contributed by atoms with E-state index in [2.05, 4.69) is 5.32 Å². The molecule has 6 heteroatoms. The van der Waals surface area contributed by atoms with Gasteiger partial charge in [-0.2, -0.15) is 0 Å². The molecule has 0 atom stereocenters. The molecular formula is C21H26N2O4. The van der Waals surface area contributed by atoms with E-state index in [1.54, 1.807) is 19.2 Å². The summed E-state index contributed by atoms with van der Waals surface area (Å²) in [4.78, 5) is 23.4. The van der Waals surface area contributed by atoms with Crippen LogP contribution in [-0.2, 0) is 6.42 Å². The minimum Gasteiger partial charge on any atom is -0.493 e. The molecule has 0 saturated carbocycles. The molecule has 2 rings (SSSR count). The number of ether oxygens (including phenoxy) is 2. The molecule has 0 aromatic heterocycles. The van der Waals surface area contributed by atoms with Crippen molar-refractivity contribution in [2.24, 2.45) is 5.73 Å². The number of carbonyl (C=O) groups is 2. The second kappa shape index (κ2) is 9.62. The number of hydrogen-bond donors (Lipinski definition) is 2. The predicted octanol–water partition coefficient (Wildman–Crippen LogP) is 2.86. The normalized spacial score (nSPS) is 10.3. The molecule has 6 nitrogen and oxygen atoms in total. The topological polar surface area (TPSA) is 90.7 Å². The van der Waals surface area contributed by atoms with Crippen LogP contribution in [0.2, 0.25) is 0 Å². The maximum Gasteiger partial charge on any atom is 0.254 e. The average Bonchev–Trinajstić information content (AvgIpc) is 2.65. The molecule has 0 heterocycles. The highest BCUT2D eigenvalue weighted by Gasteiger charge is 2.12. The van der Waals surface area contributed by atoms with Crippen LogP contribution < -0.4 is 20.5 Å². The van der Waals surface area contributed by atoms with Crippen LogP contribution in [0.15, 0.2) is 36.4 Å². The summed E-state index contributed by atoms with van der Waals surface area (Å²) < 4.78 is 11.3. The van der Waals surface area contributed by atoms with Crippen LogP contribution in [-0.4, -0.2) is 32.1 Å². The zero-order chi connectivity index (χ0) is 19.8. The lowest BCUT2D eigenvalue weighted by atomic mass is 10.1. The lowest BCUT2D eigenvalue weighted by Crippen LogP contribution is -2.19. The SMILES string of the molecule is CCOc1cc(CCCOc2cc(C)ccc2C(=O)NC)ccc1C(N)=O. The van der Waals surface area contributed by atoms with Gasteiger partial charge in [0.25, 0.3) is 11.8 Å². The van der Waals surface area contributed by atoms with Crippen molar-refractivity contribution in [1.82, 2.24) is 5.32 Å². The fourth-order valence-corrected chi connectivity index (χ4v) is 2.73.